The zero-order valence-electron chi connectivity index (χ0n) is 18.3. The molecule has 1 fully saturated rings. The number of benzene rings is 2. The predicted octanol–water partition coefficient (Wildman–Crippen LogP) is 6.37. The molecular weight excluding hydrogens is 551 g/mol. The number of amides is 3. The molecular formula is C24H15Cl3N2O6S. The van der Waals surface area contributed by atoms with Crippen LogP contribution in [0.1, 0.15) is 16.1 Å². The van der Waals surface area contributed by atoms with E-state index >= 15 is 0 Å². The highest BCUT2D eigenvalue weighted by molar-refractivity contribution is 8.18. The molecule has 2 aromatic carbocycles. The number of nitrogens with one attached hydrogen (secondary N) is 1. The Bertz CT molecular complexity index is 1430. The normalized spacial score (nSPS) is 14.4. The number of nitrogens with zero attached hydrogens (tertiary/aromatic N) is 1. The van der Waals surface area contributed by atoms with Crippen molar-refractivity contribution in [2.45, 2.75) is 0 Å². The molecule has 1 saturated heterocycles. The summed E-state index contributed by atoms with van der Waals surface area (Å²) in [5, 5.41) is 2.98. The van der Waals surface area contributed by atoms with Crippen LogP contribution in [-0.2, 0) is 14.3 Å². The Hall–Kier alpha value is -3.24. The van der Waals surface area contributed by atoms with Crippen molar-refractivity contribution >= 4 is 81.4 Å². The largest absolute Gasteiger partial charge is 0.465 e. The number of furan rings is 1. The Morgan fingerprint density at radius 3 is 2.56 bits per heavy atom. The van der Waals surface area contributed by atoms with E-state index in [1.807, 2.05) is 0 Å². The molecule has 0 bridgehead atoms. The molecule has 3 aromatic rings. The van der Waals surface area contributed by atoms with Gasteiger partial charge in [0.2, 0.25) is 5.91 Å². The Morgan fingerprint density at radius 1 is 1.06 bits per heavy atom. The van der Waals surface area contributed by atoms with E-state index in [0.29, 0.717) is 38.9 Å². The minimum absolute atomic E-state index is 0.0583. The second-order valence-corrected chi connectivity index (χ2v) is 9.57. The fourth-order valence-corrected chi connectivity index (χ4v) is 4.64. The van der Waals surface area contributed by atoms with Crippen LogP contribution in [0.4, 0.5) is 10.5 Å². The first-order valence-electron chi connectivity index (χ1n) is 10.1. The van der Waals surface area contributed by atoms with Gasteiger partial charge in [-0.05, 0) is 60.3 Å². The highest BCUT2D eigenvalue weighted by Crippen LogP contribution is 2.35. The molecule has 0 atom stereocenters. The molecule has 3 amide bonds. The standard InChI is InChI=1S/C24H15Cl3N2O6S/c1-34-23(32)16-9-13(3-6-18(16)27)28-21(30)11-29-22(31)20(36-24(29)33)10-14-4-7-19(35-14)15-8-12(25)2-5-17(15)26/h2-10H,11H2,1H3,(H,28,30)/b20-10+. The van der Waals surface area contributed by atoms with Crippen LogP contribution in [0.15, 0.2) is 57.9 Å². The Labute approximate surface area is 224 Å². The quantitative estimate of drug-likeness (QED) is 0.273. The van der Waals surface area contributed by atoms with E-state index in [-0.39, 0.29) is 21.2 Å². The van der Waals surface area contributed by atoms with Gasteiger partial charge in [0.15, 0.2) is 0 Å². The van der Waals surface area contributed by atoms with Crippen molar-refractivity contribution in [1.29, 1.82) is 0 Å². The molecule has 1 aromatic heterocycles. The topological polar surface area (TPSA) is 106 Å². The number of ether oxygens (including phenoxy) is 1. The first-order valence-corrected chi connectivity index (χ1v) is 12.1. The molecule has 4 rings (SSSR count). The van der Waals surface area contributed by atoms with E-state index < -0.39 is 29.6 Å². The fraction of sp³-hybridized carbons (Fsp3) is 0.0833. The smallest absolute Gasteiger partial charge is 0.339 e. The van der Waals surface area contributed by atoms with E-state index in [0.717, 1.165) is 4.90 Å². The predicted molar refractivity (Wildman–Crippen MR) is 138 cm³/mol. The molecule has 0 unspecified atom stereocenters. The van der Waals surface area contributed by atoms with Gasteiger partial charge >= 0.3 is 5.97 Å². The zero-order chi connectivity index (χ0) is 26.0. The summed E-state index contributed by atoms with van der Waals surface area (Å²) in [6, 6.07) is 12.4. The highest BCUT2D eigenvalue weighted by Gasteiger charge is 2.36. The molecule has 1 aliphatic rings. The SMILES string of the molecule is COC(=O)c1cc(NC(=O)CN2C(=O)S/C(=C/c3ccc(-c4cc(Cl)ccc4Cl)o3)C2=O)ccc1Cl. The summed E-state index contributed by atoms with van der Waals surface area (Å²) in [6.45, 7) is -0.528. The van der Waals surface area contributed by atoms with Gasteiger partial charge in [0.1, 0.15) is 18.1 Å². The van der Waals surface area contributed by atoms with Crippen LogP contribution < -0.4 is 5.32 Å². The molecule has 1 aliphatic heterocycles. The summed E-state index contributed by atoms with van der Waals surface area (Å²) >= 11 is 18.9. The van der Waals surface area contributed by atoms with Gasteiger partial charge in [-0.2, -0.15) is 0 Å². The van der Waals surface area contributed by atoms with Crippen molar-refractivity contribution in [2.75, 3.05) is 19.0 Å². The molecule has 1 N–H and O–H groups in total. The zero-order valence-corrected chi connectivity index (χ0v) is 21.4. The molecule has 0 aliphatic carbocycles. The number of rotatable bonds is 6. The minimum atomic E-state index is -0.675. The number of halogens is 3. The van der Waals surface area contributed by atoms with Gasteiger partial charge in [-0.15, -0.1) is 0 Å². The van der Waals surface area contributed by atoms with Gasteiger partial charge in [-0.1, -0.05) is 34.8 Å². The Morgan fingerprint density at radius 2 is 1.81 bits per heavy atom. The number of imide groups is 1. The van der Waals surface area contributed by atoms with Gasteiger partial charge in [0, 0.05) is 22.3 Å². The Kier molecular flexibility index (Phi) is 7.75. The molecule has 12 heteroatoms. The number of anilines is 1. The van der Waals surface area contributed by atoms with E-state index in [4.69, 9.17) is 39.2 Å². The Balaban J connectivity index is 1.46. The molecule has 8 nitrogen and oxygen atoms in total. The number of methoxy groups -OCH3 is 1. The van der Waals surface area contributed by atoms with Crippen LogP contribution in [-0.4, -0.2) is 41.6 Å². The molecule has 0 saturated carbocycles. The molecule has 2 heterocycles. The molecule has 0 radical (unpaired) electrons. The molecule has 184 valence electrons. The summed E-state index contributed by atoms with van der Waals surface area (Å²) in [5.74, 6) is -1.22. The van der Waals surface area contributed by atoms with Crippen LogP contribution in [0.3, 0.4) is 0 Å². The van der Waals surface area contributed by atoms with Gasteiger partial charge in [-0.25, -0.2) is 4.79 Å². The average molecular weight is 566 g/mol. The number of hydrogen-bond acceptors (Lipinski definition) is 7. The number of esters is 1. The summed E-state index contributed by atoms with van der Waals surface area (Å²) in [5.41, 5.74) is 0.879. The van der Waals surface area contributed by atoms with Gasteiger partial charge in [-0.3, -0.25) is 19.3 Å². The first kappa shape index (κ1) is 25.8. The van der Waals surface area contributed by atoms with E-state index in [9.17, 15) is 19.2 Å². The van der Waals surface area contributed by atoms with Crippen LogP contribution in [0, 0.1) is 0 Å². The van der Waals surface area contributed by atoms with Crippen molar-refractivity contribution in [3.05, 3.63) is 79.8 Å². The second-order valence-electron chi connectivity index (χ2n) is 7.33. The third-order valence-corrected chi connectivity index (χ3v) is 6.73. The first-order chi connectivity index (χ1) is 17.2. The fourth-order valence-electron chi connectivity index (χ4n) is 3.24. The number of thioether (sulfide) groups is 1. The van der Waals surface area contributed by atoms with Crippen molar-refractivity contribution in [2.24, 2.45) is 0 Å². The number of hydrogen-bond donors (Lipinski definition) is 1. The van der Waals surface area contributed by atoms with E-state index in [1.165, 1.54) is 31.4 Å². The van der Waals surface area contributed by atoms with Crippen LogP contribution in [0.2, 0.25) is 15.1 Å². The minimum Gasteiger partial charge on any atom is -0.465 e. The second kappa shape index (κ2) is 10.8. The van der Waals surface area contributed by atoms with Crippen molar-refractivity contribution in [3.63, 3.8) is 0 Å². The van der Waals surface area contributed by atoms with Crippen LogP contribution in [0.25, 0.3) is 17.4 Å². The summed E-state index contributed by atoms with van der Waals surface area (Å²) in [7, 11) is 1.20. The van der Waals surface area contributed by atoms with Gasteiger partial charge < -0.3 is 14.5 Å². The summed E-state index contributed by atoms with van der Waals surface area (Å²) in [6.07, 6.45) is 1.41. The van der Waals surface area contributed by atoms with Gasteiger partial charge in [0.05, 0.1) is 27.6 Å². The van der Waals surface area contributed by atoms with Crippen molar-refractivity contribution in [1.82, 2.24) is 4.90 Å². The maximum absolute atomic E-state index is 12.8. The molecule has 0 spiro atoms. The van der Waals surface area contributed by atoms with Crippen molar-refractivity contribution in [3.8, 4) is 11.3 Å². The maximum atomic E-state index is 12.8. The van der Waals surface area contributed by atoms with E-state index in [1.54, 1.807) is 30.3 Å². The lowest BCUT2D eigenvalue weighted by atomic mass is 10.2. The number of carbonyl (C=O) groups is 4. The lowest BCUT2D eigenvalue weighted by molar-refractivity contribution is -0.127. The lowest BCUT2D eigenvalue weighted by Crippen LogP contribution is -2.36. The summed E-state index contributed by atoms with van der Waals surface area (Å²) in [4.78, 5) is 50.4. The maximum Gasteiger partial charge on any atom is 0.339 e. The third-order valence-electron chi connectivity index (χ3n) is 4.92. The number of carbonyl (C=O) groups excluding carboxylic acids is 4. The monoisotopic (exact) mass is 564 g/mol. The van der Waals surface area contributed by atoms with E-state index in [2.05, 4.69) is 10.1 Å². The summed E-state index contributed by atoms with van der Waals surface area (Å²) < 4.78 is 10.4. The van der Waals surface area contributed by atoms with Gasteiger partial charge in [0.25, 0.3) is 11.1 Å². The van der Waals surface area contributed by atoms with Crippen molar-refractivity contribution < 1.29 is 28.3 Å². The van der Waals surface area contributed by atoms with Crippen LogP contribution >= 0.6 is 46.6 Å². The lowest BCUT2D eigenvalue weighted by Gasteiger charge is -2.13. The van der Waals surface area contributed by atoms with Crippen LogP contribution in [0.5, 0.6) is 0 Å². The average Bonchev–Trinajstić information content (AvgIpc) is 3.41. The highest BCUT2D eigenvalue weighted by atomic mass is 35.5. The molecule has 36 heavy (non-hydrogen) atoms. The third kappa shape index (κ3) is 5.60.